The second kappa shape index (κ2) is 12.5. The van der Waals surface area contributed by atoms with Gasteiger partial charge in [-0.2, -0.15) is 0 Å². The molecule has 0 unspecified atom stereocenters. The highest BCUT2D eigenvalue weighted by Crippen LogP contribution is 2.57. The first-order valence-electron chi connectivity index (χ1n) is 18.9. The fourth-order valence-corrected chi connectivity index (χ4v) is 9.19. The van der Waals surface area contributed by atoms with E-state index in [1.807, 2.05) is 0 Å². The van der Waals surface area contributed by atoms with Crippen LogP contribution in [0.25, 0.3) is 55.0 Å². The zero-order chi connectivity index (χ0) is 36.3. The van der Waals surface area contributed by atoms with Crippen LogP contribution in [0.15, 0.2) is 217 Å². The number of hydrogen-bond acceptors (Lipinski definition) is 2. The van der Waals surface area contributed by atoms with Crippen molar-refractivity contribution in [3.8, 4) is 22.3 Å². The molecule has 0 saturated carbocycles. The zero-order valence-electron chi connectivity index (χ0n) is 30.1. The molecule has 258 valence electrons. The van der Waals surface area contributed by atoms with Crippen molar-refractivity contribution in [3.63, 3.8) is 0 Å². The molecule has 0 fully saturated rings. The molecule has 0 spiro atoms. The van der Waals surface area contributed by atoms with Crippen LogP contribution in [0.5, 0.6) is 0 Å². The fraction of sp³-hybridized carbons (Fsp3) is 0.0189. The lowest BCUT2D eigenvalue weighted by Gasteiger charge is -2.34. The van der Waals surface area contributed by atoms with Gasteiger partial charge in [-0.3, -0.25) is 0 Å². The Morgan fingerprint density at radius 3 is 1.65 bits per heavy atom. The summed E-state index contributed by atoms with van der Waals surface area (Å²) in [4.78, 5) is 2.29. The van der Waals surface area contributed by atoms with Crippen LogP contribution in [0, 0.1) is 0 Å². The van der Waals surface area contributed by atoms with Gasteiger partial charge in [0.05, 0.1) is 5.41 Å². The van der Waals surface area contributed by atoms with E-state index in [0.717, 1.165) is 50.1 Å². The molecule has 0 N–H and O–H groups in total. The molecule has 0 atom stereocenters. The van der Waals surface area contributed by atoms with Gasteiger partial charge in [-0.25, -0.2) is 0 Å². The summed E-state index contributed by atoms with van der Waals surface area (Å²) in [5, 5.41) is 4.57. The van der Waals surface area contributed by atoms with Gasteiger partial charge in [-0.05, 0) is 98.2 Å². The third-order valence-electron chi connectivity index (χ3n) is 11.5. The first-order valence-corrected chi connectivity index (χ1v) is 18.9. The van der Waals surface area contributed by atoms with Gasteiger partial charge < -0.3 is 9.32 Å². The van der Waals surface area contributed by atoms with E-state index in [4.69, 9.17) is 4.42 Å². The molecule has 0 bridgehead atoms. The number of benzene rings is 9. The lowest BCUT2D eigenvalue weighted by molar-refractivity contribution is 0.670. The number of hydrogen-bond donors (Lipinski definition) is 0. The molecule has 1 aliphatic carbocycles. The molecular formula is C53H35NO. The monoisotopic (exact) mass is 701 g/mol. The van der Waals surface area contributed by atoms with E-state index in [-0.39, 0.29) is 0 Å². The highest BCUT2D eigenvalue weighted by atomic mass is 16.3. The van der Waals surface area contributed by atoms with Gasteiger partial charge in [0.1, 0.15) is 11.2 Å². The summed E-state index contributed by atoms with van der Waals surface area (Å²) in [5.41, 5.74) is 14.4. The third-order valence-corrected chi connectivity index (χ3v) is 11.5. The van der Waals surface area contributed by atoms with Gasteiger partial charge in [-0.15, -0.1) is 0 Å². The lowest BCUT2D eigenvalue weighted by atomic mass is 9.67. The maximum Gasteiger partial charge on any atom is 0.143 e. The minimum atomic E-state index is -0.491. The van der Waals surface area contributed by atoms with Gasteiger partial charge in [0.15, 0.2) is 0 Å². The first kappa shape index (κ1) is 31.4. The van der Waals surface area contributed by atoms with Gasteiger partial charge in [0, 0.05) is 39.5 Å². The Bertz CT molecular complexity index is 2940. The molecule has 0 saturated heterocycles. The van der Waals surface area contributed by atoms with E-state index < -0.39 is 5.41 Å². The first-order chi connectivity index (χ1) is 27.3. The van der Waals surface area contributed by atoms with Crippen molar-refractivity contribution in [1.29, 1.82) is 0 Å². The van der Waals surface area contributed by atoms with Crippen LogP contribution in [-0.2, 0) is 5.41 Å². The Labute approximate surface area is 320 Å². The standard InChI is InChI=1S/C53H35NO/c1-5-18-38(19-6-1)53(39-20-7-2-8-21-39)48-28-16-15-27-44(48)45-31-29-37(34-49(45)53)51-43-26-14-13-17-36(43)33-47-46-32-30-42(35-50(46)55-52(47)51)54(40-22-9-3-10-23-40)41-24-11-4-12-25-41/h1-35H. The van der Waals surface area contributed by atoms with Crippen LogP contribution in [0.2, 0.25) is 0 Å². The minimum absolute atomic E-state index is 0.491. The van der Waals surface area contributed by atoms with E-state index in [2.05, 4.69) is 217 Å². The van der Waals surface area contributed by atoms with Gasteiger partial charge >= 0.3 is 0 Å². The smallest absolute Gasteiger partial charge is 0.143 e. The van der Waals surface area contributed by atoms with E-state index in [1.54, 1.807) is 0 Å². The number of anilines is 3. The molecular weight excluding hydrogens is 667 g/mol. The Morgan fingerprint density at radius 1 is 0.382 bits per heavy atom. The van der Waals surface area contributed by atoms with E-state index >= 15 is 0 Å². The third kappa shape index (κ3) is 4.75. The fourth-order valence-electron chi connectivity index (χ4n) is 9.19. The van der Waals surface area contributed by atoms with Crippen molar-refractivity contribution >= 4 is 49.8 Å². The van der Waals surface area contributed by atoms with Crippen LogP contribution in [0.3, 0.4) is 0 Å². The summed E-state index contributed by atoms with van der Waals surface area (Å²) >= 11 is 0. The molecule has 0 amide bonds. The Balaban J connectivity index is 1.17. The molecule has 55 heavy (non-hydrogen) atoms. The second-order valence-corrected chi connectivity index (χ2v) is 14.4. The molecule has 10 aromatic rings. The molecule has 0 radical (unpaired) electrons. The Kier molecular flexibility index (Phi) is 7.11. The van der Waals surface area contributed by atoms with E-state index in [1.165, 1.54) is 44.2 Å². The summed E-state index contributed by atoms with van der Waals surface area (Å²) in [7, 11) is 0. The molecule has 11 rings (SSSR count). The van der Waals surface area contributed by atoms with Crippen LogP contribution >= 0.6 is 0 Å². The highest BCUT2D eigenvalue weighted by Gasteiger charge is 2.46. The predicted octanol–water partition coefficient (Wildman–Crippen LogP) is 14.2. The van der Waals surface area contributed by atoms with Crippen LogP contribution in [0.4, 0.5) is 17.1 Å². The summed E-state index contributed by atoms with van der Waals surface area (Å²) in [6.45, 7) is 0. The number of nitrogens with zero attached hydrogens (tertiary/aromatic N) is 1. The molecule has 0 aliphatic heterocycles. The SMILES string of the molecule is c1ccc(N(c2ccccc2)c2ccc3c(c2)oc2c(-c4ccc5c(c4)C(c4ccccc4)(c4ccccc4)c4ccccc4-5)c4ccccc4cc23)cc1. The van der Waals surface area contributed by atoms with E-state index in [0.29, 0.717) is 0 Å². The molecule has 1 aliphatic rings. The van der Waals surface area contributed by atoms with Crippen molar-refractivity contribution in [2.24, 2.45) is 0 Å². The van der Waals surface area contributed by atoms with Crippen LogP contribution in [0.1, 0.15) is 22.3 Å². The topological polar surface area (TPSA) is 16.4 Å². The Hall–Kier alpha value is -7.16. The summed E-state index contributed by atoms with van der Waals surface area (Å²) in [5.74, 6) is 0. The van der Waals surface area contributed by atoms with Gasteiger partial charge in [0.25, 0.3) is 0 Å². The van der Waals surface area contributed by atoms with Crippen molar-refractivity contribution in [3.05, 3.63) is 235 Å². The minimum Gasteiger partial charge on any atom is -0.455 e. The van der Waals surface area contributed by atoms with Gasteiger partial charge in [-0.1, -0.05) is 158 Å². The summed E-state index contributed by atoms with van der Waals surface area (Å²) < 4.78 is 7.08. The van der Waals surface area contributed by atoms with Crippen molar-refractivity contribution in [1.82, 2.24) is 0 Å². The number of para-hydroxylation sites is 2. The number of furan rings is 1. The van der Waals surface area contributed by atoms with Crippen LogP contribution < -0.4 is 4.90 Å². The number of fused-ring (bicyclic) bond motifs is 7. The quantitative estimate of drug-likeness (QED) is 0.172. The highest BCUT2D eigenvalue weighted by molar-refractivity contribution is 6.19. The summed E-state index contributed by atoms with van der Waals surface area (Å²) in [6.07, 6.45) is 0. The largest absolute Gasteiger partial charge is 0.455 e. The molecule has 1 aromatic heterocycles. The Morgan fingerprint density at radius 2 is 0.964 bits per heavy atom. The normalized spacial score (nSPS) is 12.9. The molecule has 9 aromatic carbocycles. The number of rotatable bonds is 6. The predicted molar refractivity (Wildman–Crippen MR) is 229 cm³/mol. The second-order valence-electron chi connectivity index (χ2n) is 14.4. The summed E-state index contributed by atoms with van der Waals surface area (Å²) in [6, 6.07) is 76.8. The van der Waals surface area contributed by atoms with Crippen LogP contribution in [-0.4, -0.2) is 0 Å². The average Bonchev–Trinajstić information content (AvgIpc) is 3.77. The molecule has 1 heterocycles. The van der Waals surface area contributed by atoms with Crippen molar-refractivity contribution in [2.45, 2.75) is 5.41 Å². The maximum atomic E-state index is 7.08. The maximum absolute atomic E-state index is 7.08. The van der Waals surface area contributed by atoms with E-state index in [9.17, 15) is 0 Å². The zero-order valence-corrected chi connectivity index (χ0v) is 30.1. The average molecular weight is 702 g/mol. The van der Waals surface area contributed by atoms with Crippen molar-refractivity contribution < 1.29 is 4.42 Å². The van der Waals surface area contributed by atoms with Gasteiger partial charge in [0.2, 0.25) is 0 Å². The molecule has 2 heteroatoms. The van der Waals surface area contributed by atoms with Crippen molar-refractivity contribution in [2.75, 3.05) is 4.90 Å². The molecule has 2 nitrogen and oxygen atoms in total. The lowest BCUT2D eigenvalue weighted by Crippen LogP contribution is -2.28.